The average Bonchev–Trinajstić information content (AvgIpc) is 1.65. The van der Waals surface area contributed by atoms with Gasteiger partial charge in [-0.05, 0) is 109 Å². The molecule has 0 aliphatic rings. The molecule has 0 aliphatic carbocycles. The number of nitrogens with one attached hydrogen (secondary N) is 11. The van der Waals surface area contributed by atoms with Crippen LogP contribution in [-0.4, -0.2) is 170 Å². The quantitative estimate of drug-likeness (QED) is 0.0173. The largest absolute Gasteiger partial charge is 0.505 e. The second kappa shape index (κ2) is 33.4. The summed E-state index contributed by atoms with van der Waals surface area (Å²) < 4.78 is 33.3. The zero-order valence-electron chi connectivity index (χ0n) is 54.4. The third kappa shape index (κ3) is 22.0. The second-order valence-corrected chi connectivity index (χ2v) is 24.7. The molecule has 12 N–H and O–H groups in total. The van der Waals surface area contributed by atoms with Crippen LogP contribution in [0.1, 0.15) is 109 Å². The molecule has 3 aromatic heterocycles. The number of H-pyrrole nitrogens is 1. The van der Waals surface area contributed by atoms with Gasteiger partial charge in [0.25, 0.3) is 5.91 Å². The average molecular weight is 1310 g/mol. The van der Waals surface area contributed by atoms with Gasteiger partial charge in [-0.2, -0.15) is 0 Å². The monoisotopic (exact) mass is 1300 g/mol. The molecule has 0 saturated carbocycles. The van der Waals surface area contributed by atoms with Crippen LogP contribution in [0.25, 0.3) is 21.8 Å². The summed E-state index contributed by atoms with van der Waals surface area (Å²) in [5, 5.41) is 42.6. The van der Waals surface area contributed by atoms with Gasteiger partial charge in [-0.15, -0.1) is 0 Å². The molecule has 0 fully saturated rings. The number of para-hydroxylation sites is 2. The second-order valence-electron chi connectivity index (χ2n) is 24.7. The van der Waals surface area contributed by atoms with E-state index in [1.54, 1.807) is 104 Å². The van der Waals surface area contributed by atoms with Crippen LogP contribution in [0.15, 0.2) is 91.6 Å². The number of imidazole rings is 1. The number of rotatable bonds is 30. The molecular weight excluding hydrogens is 1220 g/mol. The van der Waals surface area contributed by atoms with Gasteiger partial charge >= 0.3 is 12.2 Å². The number of carbonyl (C=O) groups is 10. The van der Waals surface area contributed by atoms with Crippen LogP contribution >= 0.6 is 0 Å². The molecule has 0 bridgehead atoms. The standard InChI is InChI=1S/C65H85FN14O14/c1-37(2)55(61(89)71-25-27-92-26-24-70-56(84)40-21-22-53(82)46(66)28-40)78-60(88)48(29-41-34-79(62(90)93-64(5,6)7)51-19-13-11-16-44(41)51)75-54(83)33-72-57(85)47(18-15-23-69-38(3)67)76-58(86)49(77-59(87)50(74-39(4)81)31-43-32-68-36-73-43)30-42-35-80(63(91)94-65(8,9)10)52-20-14-12-17-45(42)52/h11-14,16-17,19-22,28,32,34-37,47-50,55,82H,15,18,23-27,29-31,33H2,1-10H3,(H2,67,69)(H,68,73)(H,70,84)(H,71,89)(H,72,85)(H,74,81)(H,75,83)(H,76,86)(H,77,87)(H,78,88)/t47-,48-,49-,50-,55-/m0/s1. The van der Waals surface area contributed by atoms with E-state index in [-0.39, 0.29) is 76.4 Å². The van der Waals surface area contributed by atoms with E-state index in [0.29, 0.717) is 38.6 Å². The first-order valence-electron chi connectivity index (χ1n) is 30.7. The van der Waals surface area contributed by atoms with Crippen molar-refractivity contribution in [2.45, 2.75) is 143 Å². The molecule has 0 radical (unpaired) electrons. The number of amides is 8. The Kier molecular flexibility index (Phi) is 25.9. The van der Waals surface area contributed by atoms with Crippen LogP contribution in [0, 0.1) is 17.1 Å². The van der Waals surface area contributed by atoms with Crippen LogP contribution in [0.4, 0.5) is 14.0 Å². The van der Waals surface area contributed by atoms with Gasteiger partial charge in [-0.25, -0.2) is 19.0 Å². The highest BCUT2D eigenvalue weighted by molar-refractivity contribution is 5.99. The zero-order chi connectivity index (χ0) is 69.0. The van der Waals surface area contributed by atoms with E-state index >= 15 is 0 Å². The number of aromatic hydroxyl groups is 1. The Hall–Kier alpha value is -10.2. The number of ether oxygens (including phenoxy) is 3. The molecule has 0 saturated heterocycles. The normalized spacial score (nSPS) is 13.1. The van der Waals surface area contributed by atoms with E-state index in [2.05, 4.69) is 57.8 Å². The molecule has 28 nitrogen and oxygen atoms in total. The summed E-state index contributed by atoms with van der Waals surface area (Å²) in [6.07, 6.45) is 3.97. The predicted molar refractivity (Wildman–Crippen MR) is 345 cm³/mol. The predicted octanol–water partition coefficient (Wildman–Crippen LogP) is 3.90. The van der Waals surface area contributed by atoms with Gasteiger partial charge in [0.05, 0.1) is 48.6 Å². The number of aromatic amines is 1. The summed E-state index contributed by atoms with van der Waals surface area (Å²) in [5.41, 5.74) is 0.317. The molecule has 0 unspecified atom stereocenters. The topological polar surface area (TPSA) is 389 Å². The molecule has 0 aliphatic heterocycles. The van der Waals surface area contributed by atoms with Crippen molar-refractivity contribution in [1.82, 2.24) is 67.0 Å². The van der Waals surface area contributed by atoms with Crippen molar-refractivity contribution >= 4 is 87.1 Å². The third-order valence-corrected chi connectivity index (χ3v) is 14.2. The maximum Gasteiger partial charge on any atom is 0.419 e. The number of hydrogen-bond donors (Lipinski definition) is 12. The summed E-state index contributed by atoms with van der Waals surface area (Å²) in [6, 6.07) is 10.1. The van der Waals surface area contributed by atoms with Crippen LogP contribution in [0.3, 0.4) is 0 Å². The molecule has 0 spiro atoms. The van der Waals surface area contributed by atoms with E-state index in [1.807, 2.05) is 0 Å². The lowest BCUT2D eigenvalue weighted by molar-refractivity contribution is -0.134. The molecule has 6 aromatic rings. The number of halogens is 1. The molecule has 8 amide bonds. The summed E-state index contributed by atoms with van der Waals surface area (Å²) in [6.45, 7) is 15.8. The number of amidine groups is 1. The lowest BCUT2D eigenvalue weighted by atomic mass is 10.0. The number of phenols is 1. The summed E-state index contributed by atoms with van der Waals surface area (Å²) in [5.74, 6) is -7.97. The van der Waals surface area contributed by atoms with E-state index in [4.69, 9.17) is 19.6 Å². The number of phenolic OH excluding ortho intramolecular Hbond substituents is 1. The molecule has 6 rings (SSSR count). The Bertz CT molecular complexity index is 3700. The van der Waals surface area contributed by atoms with Gasteiger partial charge in [-0.3, -0.25) is 52.9 Å². The Morgan fingerprint density at radius 2 is 1.16 bits per heavy atom. The number of aromatic nitrogens is 4. The van der Waals surface area contributed by atoms with Gasteiger partial charge in [0.2, 0.25) is 41.4 Å². The molecular formula is C65H85FN14O14. The highest BCUT2D eigenvalue weighted by Crippen LogP contribution is 2.27. The van der Waals surface area contributed by atoms with Crippen molar-refractivity contribution in [3.05, 3.63) is 120 Å². The smallest absolute Gasteiger partial charge is 0.419 e. The summed E-state index contributed by atoms with van der Waals surface area (Å²) in [4.78, 5) is 145. The van der Waals surface area contributed by atoms with Gasteiger partial charge in [0, 0.05) is 80.7 Å². The molecule has 5 atom stereocenters. The van der Waals surface area contributed by atoms with E-state index in [1.165, 1.54) is 54.0 Å². The highest BCUT2D eigenvalue weighted by Gasteiger charge is 2.34. The Balaban J connectivity index is 1.23. The van der Waals surface area contributed by atoms with E-state index in [0.717, 1.165) is 12.1 Å². The lowest BCUT2D eigenvalue weighted by Crippen LogP contribution is -2.58. The van der Waals surface area contributed by atoms with Crippen molar-refractivity contribution in [3.63, 3.8) is 0 Å². The maximum absolute atomic E-state index is 14.9. The van der Waals surface area contributed by atoms with Crippen LogP contribution in [-0.2, 0) is 67.0 Å². The van der Waals surface area contributed by atoms with E-state index in [9.17, 15) is 57.4 Å². The van der Waals surface area contributed by atoms with E-state index < -0.39 is 125 Å². The van der Waals surface area contributed by atoms with Gasteiger partial charge in [-0.1, -0.05) is 50.2 Å². The minimum absolute atomic E-state index is 0.0130. The van der Waals surface area contributed by atoms with Crippen molar-refractivity contribution in [2.75, 3.05) is 39.4 Å². The number of nitrogens with zero attached hydrogens (tertiary/aromatic N) is 3. The molecule has 29 heteroatoms. The fourth-order valence-corrected chi connectivity index (χ4v) is 9.84. The molecule has 3 heterocycles. The summed E-state index contributed by atoms with van der Waals surface area (Å²) in [7, 11) is 0. The first-order chi connectivity index (χ1) is 44.4. The number of benzene rings is 3. The Labute approximate surface area is 542 Å². The number of fused-ring (bicyclic) bond motifs is 2. The van der Waals surface area contributed by atoms with Crippen molar-refractivity contribution in [3.8, 4) is 5.75 Å². The lowest BCUT2D eigenvalue weighted by Gasteiger charge is -2.26. The Morgan fingerprint density at radius 3 is 1.68 bits per heavy atom. The van der Waals surface area contributed by atoms with Crippen LogP contribution < -0.4 is 47.9 Å². The van der Waals surface area contributed by atoms with Crippen molar-refractivity contribution < 1.29 is 71.7 Å². The molecule has 94 heavy (non-hydrogen) atoms. The van der Waals surface area contributed by atoms with Crippen LogP contribution in [0.5, 0.6) is 5.75 Å². The van der Waals surface area contributed by atoms with Gasteiger partial charge in [0.15, 0.2) is 11.6 Å². The molecule has 506 valence electrons. The summed E-state index contributed by atoms with van der Waals surface area (Å²) >= 11 is 0. The number of hydrogen-bond acceptors (Lipinski definition) is 16. The van der Waals surface area contributed by atoms with Gasteiger partial charge in [0.1, 0.15) is 41.4 Å². The highest BCUT2D eigenvalue weighted by atomic mass is 19.1. The first kappa shape index (κ1) is 72.9. The molecule has 3 aromatic carbocycles. The SMILES string of the molecule is CC(=N)NCCC[C@H](NC(=O)[C@H](Cc1cn(C(=O)OC(C)(C)C)c2ccccc12)NC(=O)[C@H](Cc1c[nH]cn1)NC(C)=O)C(=O)NCC(=O)N[C@@H](Cc1cn(C(=O)OC(C)(C)C)c2ccccc12)C(=O)N[C@H](C(=O)NCCOCCNC(=O)c1ccc(O)c(F)c1)C(C)C. The maximum atomic E-state index is 14.9. The fourth-order valence-electron chi connectivity index (χ4n) is 9.84. The van der Waals surface area contributed by atoms with Crippen molar-refractivity contribution in [2.24, 2.45) is 5.92 Å². The minimum atomic E-state index is -1.49. The van der Waals surface area contributed by atoms with Crippen LogP contribution in [0.2, 0.25) is 0 Å². The first-order valence-corrected chi connectivity index (χ1v) is 30.7. The number of carbonyl (C=O) groups excluding carboxylic acids is 10. The van der Waals surface area contributed by atoms with Gasteiger partial charge < -0.3 is 72.2 Å². The zero-order valence-corrected chi connectivity index (χ0v) is 54.4. The Morgan fingerprint density at radius 1 is 0.628 bits per heavy atom. The third-order valence-electron chi connectivity index (χ3n) is 14.2. The minimum Gasteiger partial charge on any atom is -0.505 e. The fraction of sp³-hybridized carbons (Fsp3) is 0.446. The van der Waals surface area contributed by atoms with Crippen molar-refractivity contribution in [1.29, 1.82) is 5.41 Å².